The van der Waals surface area contributed by atoms with Crippen molar-refractivity contribution in [3.63, 3.8) is 0 Å². The molecule has 0 saturated carbocycles. The highest BCUT2D eigenvalue weighted by atomic mass is 32.2. The number of fused-ring (bicyclic) bond motifs is 4. The van der Waals surface area contributed by atoms with Crippen molar-refractivity contribution in [2.75, 3.05) is 21.2 Å². The molecule has 0 aromatic heterocycles. The van der Waals surface area contributed by atoms with Crippen molar-refractivity contribution in [2.45, 2.75) is 192 Å². The van der Waals surface area contributed by atoms with Crippen LogP contribution in [0.5, 0.6) is 0 Å². The van der Waals surface area contributed by atoms with Crippen molar-refractivity contribution in [1.29, 1.82) is 0 Å². The number of carbonyl (C=O) groups is 3. The lowest BCUT2D eigenvalue weighted by Crippen LogP contribution is -2.61. The second kappa shape index (κ2) is 20.7. The molecule has 18 nitrogen and oxygen atoms in total. The Labute approximate surface area is 385 Å². The van der Waals surface area contributed by atoms with E-state index in [4.69, 9.17) is 55.7 Å². The van der Waals surface area contributed by atoms with E-state index in [2.05, 4.69) is 0 Å². The Kier molecular flexibility index (Phi) is 16.4. The van der Waals surface area contributed by atoms with Crippen LogP contribution in [0.25, 0.3) is 0 Å². The summed E-state index contributed by atoms with van der Waals surface area (Å²) in [4.78, 5) is 42.7. The Morgan fingerprint density at radius 3 is 2.28 bits per heavy atom. The van der Waals surface area contributed by atoms with E-state index in [9.17, 15) is 23.7 Å². The highest BCUT2D eigenvalue weighted by Crippen LogP contribution is 2.47. The molecule has 1 unspecified atom stereocenters. The Balaban J connectivity index is 1.39. The van der Waals surface area contributed by atoms with E-state index in [0.29, 0.717) is 6.42 Å². The molecule has 0 spiro atoms. The summed E-state index contributed by atoms with van der Waals surface area (Å²) in [7, 11) is 5.23. The Morgan fingerprint density at radius 2 is 1.63 bits per heavy atom. The van der Waals surface area contributed by atoms with Gasteiger partial charge in [0.15, 0.2) is 30.4 Å². The number of esters is 1. The predicted molar refractivity (Wildman–Crippen MR) is 232 cm³/mol. The summed E-state index contributed by atoms with van der Waals surface area (Å²) in [6.07, 6.45) is -11.3. The van der Waals surface area contributed by atoms with Gasteiger partial charge in [-0.25, -0.2) is 9.59 Å². The van der Waals surface area contributed by atoms with Gasteiger partial charge in [0.25, 0.3) is 0 Å². The number of cyclic esters (lactones) is 1. The van der Waals surface area contributed by atoms with Crippen molar-refractivity contribution in [3.05, 3.63) is 35.9 Å². The molecule has 2 bridgehead atoms. The summed E-state index contributed by atoms with van der Waals surface area (Å²) >= 11 is -2.38. The lowest BCUT2D eigenvalue weighted by Gasteiger charge is -2.49. The summed E-state index contributed by atoms with van der Waals surface area (Å²) in [5, 5.41) is 11.8. The van der Waals surface area contributed by atoms with Crippen LogP contribution >= 0.6 is 0 Å². The number of hydrogen-bond acceptors (Lipinski definition) is 18. The second-order valence-electron chi connectivity index (χ2n) is 19.5. The third kappa shape index (κ3) is 11.0. The van der Waals surface area contributed by atoms with Crippen LogP contribution in [-0.2, 0) is 78.5 Å². The average molecular weight is 942 g/mol. The summed E-state index contributed by atoms with van der Waals surface area (Å²) in [5.74, 6) is -3.62. The molecule has 0 amide bonds. The molecule has 5 saturated heterocycles. The predicted octanol–water partition coefficient (Wildman–Crippen LogP) is 5.76. The second-order valence-corrected chi connectivity index (χ2v) is 20.3. The van der Waals surface area contributed by atoms with Gasteiger partial charge in [-0.2, -0.15) is 4.21 Å². The number of hydrogen-bond donors (Lipinski definition) is 1. The number of benzene rings is 1. The minimum atomic E-state index is -2.38. The van der Waals surface area contributed by atoms with Gasteiger partial charge < -0.3 is 57.4 Å². The molecule has 5 aliphatic rings. The SMILES string of the molecule is CC[C@H]1OC(=O)[C@H](C)[C@@H](O[C@H]2C[C@](C)(OC)[C@H](OC(=O)OCc3ccccc3)[C@@H](C)O2)[C@H](C)[C@@H](O[C@@H]2O[C@H](C)C[C@H](N(C)C)[C@H]2O)[C@]2(C)C[C@@H](C)[C@H](OS(=O)O2)[C@H](C)[C@H]2OC(=O)O[C@@]21C. The summed E-state index contributed by atoms with van der Waals surface area (Å²) in [5.41, 5.74) is -3.31. The normalized spacial score (nSPS) is 45.1. The molecule has 5 heterocycles. The number of rotatable bonds is 10. The van der Waals surface area contributed by atoms with E-state index in [1.807, 2.05) is 77.0 Å². The molecule has 1 aromatic rings. The summed E-state index contributed by atoms with van der Waals surface area (Å²) in [6, 6.07) is 8.86. The van der Waals surface area contributed by atoms with Gasteiger partial charge in [0, 0.05) is 31.4 Å². The molecule has 0 radical (unpaired) electrons. The first kappa shape index (κ1) is 51.4. The molecule has 368 valence electrons. The van der Waals surface area contributed by atoms with Crippen molar-refractivity contribution >= 4 is 29.6 Å². The molecule has 19 heteroatoms. The van der Waals surface area contributed by atoms with E-state index in [-0.39, 0.29) is 38.0 Å². The first-order valence-corrected chi connectivity index (χ1v) is 23.8. The average Bonchev–Trinajstić information content (AvgIpc) is 3.50. The van der Waals surface area contributed by atoms with E-state index in [0.717, 1.165) is 5.56 Å². The van der Waals surface area contributed by atoms with Gasteiger partial charge in [0.05, 0.1) is 36.4 Å². The molecular formula is C46H71NO17S. The third-order valence-corrected chi connectivity index (χ3v) is 15.2. The van der Waals surface area contributed by atoms with Gasteiger partial charge in [-0.1, -0.05) is 58.0 Å². The van der Waals surface area contributed by atoms with Crippen LogP contribution in [0.2, 0.25) is 0 Å². The van der Waals surface area contributed by atoms with Crippen molar-refractivity contribution in [1.82, 2.24) is 4.90 Å². The minimum absolute atomic E-state index is 0.000453. The number of likely N-dealkylation sites (N-methyl/N-ethyl adjacent to an activating group) is 1. The highest BCUT2D eigenvalue weighted by Gasteiger charge is 2.61. The fourth-order valence-electron chi connectivity index (χ4n) is 10.8. The topological polar surface area (TPSA) is 203 Å². The van der Waals surface area contributed by atoms with Crippen LogP contribution in [-0.4, -0.2) is 144 Å². The van der Waals surface area contributed by atoms with E-state index >= 15 is 0 Å². The van der Waals surface area contributed by atoms with Crippen LogP contribution in [0.3, 0.4) is 0 Å². The van der Waals surface area contributed by atoms with Crippen molar-refractivity contribution in [2.24, 2.45) is 23.7 Å². The molecule has 6 rings (SSSR count). The number of ether oxygens (including phenoxy) is 10. The number of aliphatic hydroxyl groups is 1. The third-order valence-electron chi connectivity index (χ3n) is 14.3. The maximum Gasteiger partial charge on any atom is 0.509 e. The highest BCUT2D eigenvalue weighted by molar-refractivity contribution is 7.75. The van der Waals surface area contributed by atoms with Gasteiger partial charge >= 0.3 is 29.6 Å². The maximum atomic E-state index is 14.7. The molecule has 0 aliphatic carbocycles. The first-order valence-electron chi connectivity index (χ1n) is 22.8. The van der Waals surface area contributed by atoms with E-state index < -0.39 is 132 Å². The smallest absolute Gasteiger partial charge is 0.458 e. The fraction of sp³-hybridized carbons (Fsp3) is 0.804. The monoisotopic (exact) mass is 941 g/mol. The largest absolute Gasteiger partial charge is 0.509 e. The zero-order valence-electron chi connectivity index (χ0n) is 40.0. The number of aliphatic hydroxyl groups excluding tert-OH is 1. The van der Waals surface area contributed by atoms with Crippen LogP contribution in [0.15, 0.2) is 30.3 Å². The van der Waals surface area contributed by atoms with Gasteiger partial charge in [-0.3, -0.25) is 13.2 Å². The van der Waals surface area contributed by atoms with E-state index in [1.54, 1.807) is 41.5 Å². The molecule has 5 aliphatic heterocycles. The molecule has 65 heavy (non-hydrogen) atoms. The maximum absolute atomic E-state index is 14.7. The number of carbonyl (C=O) groups excluding carboxylic acids is 3. The van der Waals surface area contributed by atoms with Crippen molar-refractivity contribution in [3.8, 4) is 0 Å². The Hall–Kier alpha value is -2.98. The minimum Gasteiger partial charge on any atom is -0.458 e. The summed E-state index contributed by atoms with van der Waals surface area (Å²) in [6.45, 7) is 17.8. The molecule has 1 N–H and O–H groups in total. The lowest BCUT2D eigenvalue weighted by atomic mass is 9.73. The van der Waals surface area contributed by atoms with E-state index in [1.165, 1.54) is 7.11 Å². The van der Waals surface area contributed by atoms with Crippen LogP contribution < -0.4 is 0 Å². The van der Waals surface area contributed by atoms with Crippen LogP contribution in [0.1, 0.15) is 100 Å². The lowest BCUT2D eigenvalue weighted by molar-refractivity contribution is -0.316. The van der Waals surface area contributed by atoms with Gasteiger partial charge in [0.1, 0.15) is 30.0 Å². The standard InChI is InChI=1S/C46H71NO17S/c1-14-32-46(10)38(60-43(51)62-46)26(4)35-24(2)21-45(9,64-65(52)63-35)37(59-41-34(48)31(47(11)12)20-25(3)55-41)27(5)36(28(6)40(49)57-32)58-33-22-44(8,53-13)39(29(7)56-33)61-42(50)54-23-30-18-16-15-17-19-30/h15-19,24-29,31-39,41,48H,14,20-23H2,1-13H3/t24-,25-,26+,27+,28-,29-,31+,32-,33+,34-,35+,36+,37-,38-,39-,41+,44+,45+,46-,65?/m1/s1. The number of methoxy groups -OCH3 is 1. The quantitative estimate of drug-likeness (QED) is 0.219. The van der Waals surface area contributed by atoms with Crippen molar-refractivity contribution < 1.29 is 79.4 Å². The Bertz CT molecular complexity index is 1830. The molecule has 5 fully saturated rings. The number of nitrogens with zero attached hydrogens (tertiary/aromatic N) is 1. The summed E-state index contributed by atoms with van der Waals surface area (Å²) < 4.78 is 88.7. The first-order chi connectivity index (χ1) is 30.5. The molecule has 20 atom stereocenters. The van der Waals surface area contributed by atoms with Gasteiger partial charge in [0.2, 0.25) is 0 Å². The zero-order chi connectivity index (χ0) is 47.8. The molecule has 1 aromatic carbocycles. The van der Waals surface area contributed by atoms with Gasteiger partial charge in [-0.15, -0.1) is 0 Å². The van der Waals surface area contributed by atoms with Crippen LogP contribution in [0, 0.1) is 23.7 Å². The fourth-order valence-corrected chi connectivity index (χ4v) is 11.8. The Morgan fingerprint density at radius 1 is 0.938 bits per heavy atom. The van der Waals surface area contributed by atoms with Crippen LogP contribution in [0.4, 0.5) is 9.59 Å². The van der Waals surface area contributed by atoms with Gasteiger partial charge in [-0.05, 0) is 86.4 Å². The zero-order valence-corrected chi connectivity index (χ0v) is 40.8. The molecular weight excluding hydrogens is 871 g/mol.